The summed E-state index contributed by atoms with van der Waals surface area (Å²) in [6.07, 6.45) is 0. The molecular weight excluding hydrogens is 326 g/mol. The molecule has 0 bridgehead atoms. The van der Waals surface area contributed by atoms with Crippen LogP contribution in [-0.4, -0.2) is 9.13 Å². The highest BCUT2D eigenvalue weighted by Crippen LogP contribution is 2.19. The van der Waals surface area contributed by atoms with E-state index in [0.717, 1.165) is 25.5 Å². The second kappa shape index (κ2) is 5.36. The van der Waals surface area contributed by atoms with Gasteiger partial charge in [-0.15, -0.1) is 10.2 Å². The van der Waals surface area contributed by atoms with E-state index < -0.39 is 0 Å². The molecule has 0 aliphatic rings. The lowest BCUT2D eigenvalue weighted by atomic mass is 10.3. The van der Waals surface area contributed by atoms with Crippen LogP contribution >= 0.6 is 22.7 Å². The van der Waals surface area contributed by atoms with Crippen molar-refractivity contribution in [2.75, 3.05) is 5.73 Å². The molecule has 0 aliphatic heterocycles. The molecule has 0 aliphatic carbocycles. The zero-order valence-electron chi connectivity index (χ0n) is 12.7. The fourth-order valence-corrected chi connectivity index (χ4v) is 4.42. The van der Waals surface area contributed by atoms with Crippen molar-refractivity contribution in [2.24, 2.45) is 24.3 Å². The fourth-order valence-electron chi connectivity index (χ4n) is 2.50. The predicted octanol–water partition coefficient (Wildman–Crippen LogP) is 2.79. The van der Waals surface area contributed by atoms with Crippen molar-refractivity contribution in [1.29, 1.82) is 0 Å². The average Bonchev–Trinajstić information content (AvgIpc) is 3.04. The molecule has 0 atom stereocenters. The van der Waals surface area contributed by atoms with E-state index in [9.17, 15) is 0 Å². The topological polar surface area (TPSA) is 60.6 Å². The van der Waals surface area contributed by atoms with E-state index >= 15 is 0 Å². The molecule has 2 heterocycles. The van der Waals surface area contributed by atoms with Crippen molar-refractivity contribution in [1.82, 2.24) is 9.13 Å². The molecule has 0 amide bonds. The third-order valence-electron chi connectivity index (χ3n) is 3.77. The van der Waals surface area contributed by atoms with Gasteiger partial charge in [0.25, 0.3) is 0 Å². The van der Waals surface area contributed by atoms with Gasteiger partial charge in [-0.05, 0) is 30.3 Å². The number of rotatable bonds is 1. The summed E-state index contributed by atoms with van der Waals surface area (Å²) in [5, 5.41) is 8.91. The fraction of sp³-hybridized carbons (Fsp3) is 0.125. The lowest BCUT2D eigenvalue weighted by Gasteiger charge is -1.95. The van der Waals surface area contributed by atoms with Gasteiger partial charge in [0, 0.05) is 19.8 Å². The van der Waals surface area contributed by atoms with Gasteiger partial charge in [-0.3, -0.25) is 0 Å². The van der Waals surface area contributed by atoms with Crippen LogP contribution < -0.4 is 15.3 Å². The van der Waals surface area contributed by atoms with Gasteiger partial charge >= 0.3 is 0 Å². The Morgan fingerprint density at radius 2 is 1.43 bits per heavy atom. The first-order valence-corrected chi connectivity index (χ1v) is 8.74. The first-order chi connectivity index (χ1) is 11.1. The number of hydrogen-bond donors (Lipinski definition) is 1. The second-order valence-corrected chi connectivity index (χ2v) is 7.30. The number of hydrogen-bond acceptors (Lipinski definition) is 5. The number of anilines is 1. The number of para-hydroxylation sites is 1. The number of fused-ring (bicyclic) bond motifs is 2. The van der Waals surface area contributed by atoms with Crippen LogP contribution in [0.3, 0.4) is 0 Å². The van der Waals surface area contributed by atoms with Crippen LogP contribution in [0.1, 0.15) is 0 Å². The molecular formula is C16H15N5S2. The molecule has 5 nitrogen and oxygen atoms in total. The predicted molar refractivity (Wildman–Crippen MR) is 97.1 cm³/mol. The average molecular weight is 341 g/mol. The molecule has 7 heteroatoms. The quantitative estimate of drug-likeness (QED) is 0.420. The molecule has 4 rings (SSSR count). The van der Waals surface area contributed by atoms with E-state index in [1.54, 1.807) is 22.7 Å². The van der Waals surface area contributed by atoms with Crippen LogP contribution in [0, 0.1) is 0 Å². The first-order valence-electron chi connectivity index (χ1n) is 7.11. The van der Waals surface area contributed by atoms with Gasteiger partial charge in [-0.1, -0.05) is 34.8 Å². The van der Waals surface area contributed by atoms with Crippen molar-refractivity contribution in [2.45, 2.75) is 0 Å². The minimum absolute atomic E-state index is 0.755. The Morgan fingerprint density at radius 1 is 0.826 bits per heavy atom. The van der Waals surface area contributed by atoms with E-state index in [1.165, 1.54) is 10.2 Å². The Morgan fingerprint density at radius 3 is 2.13 bits per heavy atom. The van der Waals surface area contributed by atoms with Crippen LogP contribution in [0.15, 0.2) is 52.7 Å². The van der Waals surface area contributed by atoms with E-state index in [-0.39, 0.29) is 0 Å². The summed E-state index contributed by atoms with van der Waals surface area (Å²) < 4.78 is 6.44. The van der Waals surface area contributed by atoms with E-state index in [1.807, 2.05) is 49.0 Å². The van der Waals surface area contributed by atoms with Gasteiger partial charge in [0.05, 0.1) is 20.4 Å². The highest BCUT2D eigenvalue weighted by Gasteiger charge is 2.04. The molecule has 116 valence electrons. The normalized spacial score (nSPS) is 13.5. The maximum Gasteiger partial charge on any atom is 0.211 e. The van der Waals surface area contributed by atoms with Crippen LogP contribution in [0.2, 0.25) is 0 Å². The van der Waals surface area contributed by atoms with Crippen molar-refractivity contribution in [3.8, 4) is 0 Å². The smallest absolute Gasteiger partial charge is 0.211 e. The second-order valence-electron chi connectivity index (χ2n) is 5.28. The first kappa shape index (κ1) is 14.2. The molecule has 0 saturated heterocycles. The SMILES string of the molecule is Cn1/c(=N/N=c2\sc3ccc(N)cc3n2C)sc2ccccc21. The molecule has 2 aromatic heterocycles. The number of thiazole rings is 2. The largest absolute Gasteiger partial charge is 0.399 e. The molecule has 2 N–H and O–H groups in total. The molecule has 0 saturated carbocycles. The minimum atomic E-state index is 0.755. The summed E-state index contributed by atoms with van der Waals surface area (Å²) in [7, 11) is 4.00. The van der Waals surface area contributed by atoms with Crippen LogP contribution in [0.4, 0.5) is 5.69 Å². The van der Waals surface area contributed by atoms with Crippen molar-refractivity contribution < 1.29 is 0 Å². The Labute approximate surface area is 140 Å². The molecule has 23 heavy (non-hydrogen) atoms. The number of nitrogen functional groups attached to an aromatic ring is 1. The third kappa shape index (κ3) is 2.38. The summed E-state index contributed by atoms with van der Waals surface area (Å²) in [4.78, 5) is 1.73. The van der Waals surface area contributed by atoms with Gasteiger partial charge in [-0.25, -0.2) is 0 Å². The third-order valence-corrected chi connectivity index (χ3v) is 5.97. The number of benzene rings is 2. The Balaban J connectivity index is 1.93. The minimum Gasteiger partial charge on any atom is -0.399 e. The lowest BCUT2D eigenvalue weighted by molar-refractivity contribution is 0.845. The van der Waals surface area contributed by atoms with Crippen molar-refractivity contribution in [3.63, 3.8) is 0 Å². The highest BCUT2D eigenvalue weighted by atomic mass is 32.1. The van der Waals surface area contributed by atoms with Gasteiger partial charge in [0.2, 0.25) is 9.60 Å². The molecule has 4 aromatic rings. The zero-order chi connectivity index (χ0) is 16.0. The molecule has 0 fully saturated rings. The maximum absolute atomic E-state index is 5.87. The Hall–Kier alpha value is -2.38. The van der Waals surface area contributed by atoms with Crippen LogP contribution in [0.5, 0.6) is 0 Å². The van der Waals surface area contributed by atoms with Crippen LogP contribution in [0.25, 0.3) is 20.4 Å². The van der Waals surface area contributed by atoms with Crippen LogP contribution in [-0.2, 0) is 14.1 Å². The molecule has 2 aromatic carbocycles. The Bertz CT molecular complexity index is 1160. The zero-order valence-corrected chi connectivity index (χ0v) is 14.4. The van der Waals surface area contributed by atoms with E-state index in [2.05, 4.69) is 26.9 Å². The van der Waals surface area contributed by atoms with Crippen molar-refractivity contribution >= 4 is 48.8 Å². The standard InChI is InChI=1S/C16H15N5S2/c1-20-11-5-3-4-6-13(11)22-15(20)18-19-16-21(2)12-9-10(17)7-8-14(12)23-16/h3-9H,17H2,1-2H3/b18-15-,19-16-. The summed E-state index contributed by atoms with van der Waals surface area (Å²) >= 11 is 3.24. The molecule has 0 unspecified atom stereocenters. The number of nitrogens with two attached hydrogens (primary N) is 1. The number of aromatic nitrogens is 2. The van der Waals surface area contributed by atoms with Crippen molar-refractivity contribution in [3.05, 3.63) is 52.1 Å². The molecule has 0 radical (unpaired) electrons. The Kier molecular flexibility index (Phi) is 3.32. The van der Waals surface area contributed by atoms with E-state index in [0.29, 0.717) is 0 Å². The summed E-state index contributed by atoms with van der Waals surface area (Å²) in [6, 6.07) is 14.2. The maximum atomic E-state index is 5.87. The van der Waals surface area contributed by atoms with Gasteiger partial charge in [0.1, 0.15) is 0 Å². The van der Waals surface area contributed by atoms with Gasteiger partial charge < -0.3 is 14.9 Å². The summed E-state index contributed by atoms with van der Waals surface area (Å²) in [5.74, 6) is 0. The van der Waals surface area contributed by atoms with Gasteiger partial charge in [0.15, 0.2) is 0 Å². The summed E-state index contributed by atoms with van der Waals surface area (Å²) in [5.41, 5.74) is 8.86. The van der Waals surface area contributed by atoms with E-state index in [4.69, 9.17) is 5.73 Å². The summed E-state index contributed by atoms with van der Waals surface area (Å²) in [6.45, 7) is 0. The highest BCUT2D eigenvalue weighted by molar-refractivity contribution is 7.16. The number of aryl methyl sites for hydroxylation is 2. The van der Waals surface area contributed by atoms with Gasteiger partial charge in [-0.2, -0.15) is 0 Å². The monoisotopic (exact) mass is 341 g/mol. The lowest BCUT2D eigenvalue weighted by Crippen LogP contribution is -2.13. The molecule has 0 spiro atoms. The number of nitrogens with zero attached hydrogens (tertiary/aromatic N) is 4.